The van der Waals surface area contributed by atoms with Crippen LogP contribution in [0.15, 0.2) is 36.8 Å². The molecule has 21 heavy (non-hydrogen) atoms. The maximum Gasteiger partial charge on any atom is 0.123 e. The van der Waals surface area contributed by atoms with Crippen molar-refractivity contribution < 1.29 is 4.39 Å². The van der Waals surface area contributed by atoms with Gasteiger partial charge in [-0.05, 0) is 24.6 Å². The summed E-state index contributed by atoms with van der Waals surface area (Å²) < 4.78 is 13.3. The standard InChI is InChI=1S/C16H21FN4/c1-13(14-3-2-4-15(17)9-14)21-7-5-20(6-8-21)11-16-10-18-12-19-16/h2-4,9-10,12-13H,5-8,11H2,1H3,(H,18,19)/t13-/m1/s1. The van der Waals surface area contributed by atoms with E-state index in [-0.39, 0.29) is 11.9 Å². The summed E-state index contributed by atoms with van der Waals surface area (Å²) in [5.74, 6) is -0.155. The fourth-order valence-electron chi connectivity index (χ4n) is 2.90. The maximum absolute atomic E-state index is 13.3. The number of hydrogen-bond acceptors (Lipinski definition) is 3. The first-order valence-electron chi connectivity index (χ1n) is 7.41. The van der Waals surface area contributed by atoms with Gasteiger partial charge in [-0.2, -0.15) is 0 Å². The van der Waals surface area contributed by atoms with E-state index >= 15 is 0 Å². The Morgan fingerprint density at radius 1 is 1.29 bits per heavy atom. The molecule has 1 aliphatic rings. The predicted molar refractivity (Wildman–Crippen MR) is 80.3 cm³/mol. The summed E-state index contributed by atoms with van der Waals surface area (Å²) in [6, 6.07) is 7.19. The number of imidazole rings is 1. The number of halogens is 1. The highest BCUT2D eigenvalue weighted by Gasteiger charge is 2.22. The van der Waals surface area contributed by atoms with Crippen LogP contribution in [0.5, 0.6) is 0 Å². The van der Waals surface area contributed by atoms with Crippen molar-refractivity contribution in [3.8, 4) is 0 Å². The quantitative estimate of drug-likeness (QED) is 0.938. The molecule has 0 aliphatic carbocycles. The Labute approximate surface area is 124 Å². The number of piperazine rings is 1. The minimum atomic E-state index is -0.155. The predicted octanol–water partition coefficient (Wildman–Crippen LogP) is 2.43. The second kappa shape index (κ2) is 6.37. The normalized spacial score (nSPS) is 18.8. The molecule has 0 bridgehead atoms. The van der Waals surface area contributed by atoms with E-state index < -0.39 is 0 Å². The number of aromatic amines is 1. The van der Waals surface area contributed by atoms with Crippen LogP contribution in [0.3, 0.4) is 0 Å². The molecule has 0 amide bonds. The lowest BCUT2D eigenvalue weighted by Crippen LogP contribution is -2.46. The van der Waals surface area contributed by atoms with Crippen LogP contribution in [0.4, 0.5) is 4.39 Å². The summed E-state index contributed by atoms with van der Waals surface area (Å²) in [6.45, 7) is 7.14. The third-order valence-electron chi connectivity index (χ3n) is 4.23. The third-order valence-corrected chi connectivity index (χ3v) is 4.23. The summed E-state index contributed by atoms with van der Waals surface area (Å²) in [6.07, 6.45) is 3.60. The molecule has 1 atom stereocenters. The summed E-state index contributed by atoms with van der Waals surface area (Å²) >= 11 is 0. The summed E-state index contributed by atoms with van der Waals surface area (Å²) in [4.78, 5) is 12.0. The van der Waals surface area contributed by atoms with Crippen LogP contribution in [0.2, 0.25) is 0 Å². The lowest BCUT2D eigenvalue weighted by molar-refractivity contribution is 0.0970. The van der Waals surface area contributed by atoms with Gasteiger partial charge < -0.3 is 4.98 Å². The lowest BCUT2D eigenvalue weighted by Gasteiger charge is -2.38. The zero-order valence-electron chi connectivity index (χ0n) is 12.3. The van der Waals surface area contributed by atoms with Crippen LogP contribution < -0.4 is 0 Å². The molecule has 0 saturated carbocycles. The van der Waals surface area contributed by atoms with E-state index in [1.807, 2.05) is 12.3 Å². The second-order valence-corrected chi connectivity index (χ2v) is 5.62. The van der Waals surface area contributed by atoms with E-state index in [1.165, 1.54) is 6.07 Å². The van der Waals surface area contributed by atoms with Crippen molar-refractivity contribution in [2.75, 3.05) is 26.2 Å². The molecule has 4 nitrogen and oxygen atoms in total. The highest BCUT2D eigenvalue weighted by molar-refractivity contribution is 5.19. The van der Waals surface area contributed by atoms with Gasteiger partial charge in [-0.25, -0.2) is 9.37 Å². The smallest absolute Gasteiger partial charge is 0.123 e. The van der Waals surface area contributed by atoms with Crippen molar-refractivity contribution >= 4 is 0 Å². The Hall–Kier alpha value is -1.72. The molecule has 1 N–H and O–H groups in total. The SMILES string of the molecule is C[C@H](c1cccc(F)c1)N1CCN(Cc2cnc[nH]2)CC1. The number of aromatic nitrogens is 2. The van der Waals surface area contributed by atoms with Crippen molar-refractivity contribution in [1.82, 2.24) is 19.8 Å². The van der Waals surface area contributed by atoms with Crippen molar-refractivity contribution in [2.24, 2.45) is 0 Å². The highest BCUT2D eigenvalue weighted by atomic mass is 19.1. The van der Waals surface area contributed by atoms with E-state index in [1.54, 1.807) is 18.5 Å². The van der Waals surface area contributed by atoms with Crippen molar-refractivity contribution in [1.29, 1.82) is 0 Å². The van der Waals surface area contributed by atoms with Crippen LogP contribution in [-0.2, 0) is 6.54 Å². The number of nitrogens with zero attached hydrogens (tertiary/aromatic N) is 3. The lowest BCUT2D eigenvalue weighted by atomic mass is 10.1. The molecule has 1 aromatic carbocycles. The Bertz CT molecular complexity index is 561. The molecule has 0 unspecified atom stereocenters. The first-order valence-corrected chi connectivity index (χ1v) is 7.41. The van der Waals surface area contributed by atoms with E-state index in [2.05, 4.69) is 26.7 Å². The Balaban J connectivity index is 1.55. The van der Waals surface area contributed by atoms with Crippen LogP contribution in [-0.4, -0.2) is 45.9 Å². The third kappa shape index (κ3) is 3.49. The van der Waals surface area contributed by atoms with Gasteiger partial charge in [0.1, 0.15) is 5.82 Å². The molecule has 0 radical (unpaired) electrons. The van der Waals surface area contributed by atoms with E-state index in [9.17, 15) is 4.39 Å². The molecule has 112 valence electrons. The molecular weight excluding hydrogens is 267 g/mol. The van der Waals surface area contributed by atoms with Crippen LogP contribution in [0, 0.1) is 5.82 Å². The van der Waals surface area contributed by atoms with Crippen LogP contribution in [0.25, 0.3) is 0 Å². The van der Waals surface area contributed by atoms with Gasteiger partial charge in [0.05, 0.1) is 6.33 Å². The van der Waals surface area contributed by atoms with Crippen molar-refractivity contribution in [3.63, 3.8) is 0 Å². The van der Waals surface area contributed by atoms with Crippen LogP contribution >= 0.6 is 0 Å². The Kier molecular flexibility index (Phi) is 4.31. The molecule has 5 heteroatoms. The number of hydrogen-bond donors (Lipinski definition) is 1. The molecule has 1 saturated heterocycles. The number of rotatable bonds is 4. The molecule has 2 aromatic rings. The molecule has 1 fully saturated rings. The van der Waals surface area contributed by atoms with Gasteiger partial charge in [-0.1, -0.05) is 12.1 Å². The van der Waals surface area contributed by atoms with Crippen molar-refractivity contribution in [3.05, 3.63) is 53.9 Å². The number of nitrogens with one attached hydrogen (secondary N) is 1. The summed E-state index contributed by atoms with van der Waals surface area (Å²) in [7, 11) is 0. The molecule has 1 aliphatic heterocycles. The average molecular weight is 288 g/mol. The zero-order valence-corrected chi connectivity index (χ0v) is 12.3. The highest BCUT2D eigenvalue weighted by Crippen LogP contribution is 2.22. The number of H-pyrrole nitrogens is 1. The van der Waals surface area contributed by atoms with Gasteiger partial charge in [-0.3, -0.25) is 9.80 Å². The molecule has 0 spiro atoms. The second-order valence-electron chi connectivity index (χ2n) is 5.62. The van der Waals surface area contributed by atoms with Gasteiger partial charge in [-0.15, -0.1) is 0 Å². The minimum Gasteiger partial charge on any atom is -0.347 e. The van der Waals surface area contributed by atoms with Gasteiger partial charge in [0.2, 0.25) is 0 Å². The van der Waals surface area contributed by atoms with Gasteiger partial charge in [0.15, 0.2) is 0 Å². The van der Waals surface area contributed by atoms with Gasteiger partial charge in [0, 0.05) is 50.7 Å². The number of benzene rings is 1. The van der Waals surface area contributed by atoms with Crippen molar-refractivity contribution in [2.45, 2.75) is 19.5 Å². The zero-order chi connectivity index (χ0) is 14.7. The molecular formula is C16H21FN4. The molecule has 1 aromatic heterocycles. The largest absolute Gasteiger partial charge is 0.347 e. The fourth-order valence-corrected chi connectivity index (χ4v) is 2.90. The monoisotopic (exact) mass is 288 g/mol. The fraction of sp³-hybridized carbons (Fsp3) is 0.438. The Morgan fingerprint density at radius 3 is 2.76 bits per heavy atom. The average Bonchev–Trinajstić information content (AvgIpc) is 3.00. The first-order chi connectivity index (χ1) is 10.2. The summed E-state index contributed by atoms with van der Waals surface area (Å²) in [5, 5.41) is 0. The van der Waals surface area contributed by atoms with Gasteiger partial charge >= 0.3 is 0 Å². The minimum absolute atomic E-state index is 0.155. The van der Waals surface area contributed by atoms with E-state index in [4.69, 9.17) is 0 Å². The van der Waals surface area contributed by atoms with Crippen LogP contribution in [0.1, 0.15) is 24.2 Å². The van der Waals surface area contributed by atoms with Gasteiger partial charge in [0.25, 0.3) is 0 Å². The van der Waals surface area contributed by atoms with E-state index in [0.717, 1.165) is 44.0 Å². The van der Waals surface area contributed by atoms with E-state index in [0.29, 0.717) is 0 Å². The molecule has 2 heterocycles. The summed E-state index contributed by atoms with van der Waals surface area (Å²) in [5.41, 5.74) is 2.21. The first kappa shape index (κ1) is 14.2. The Morgan fingerprint density at radius 2 is 2.10 bits per heavy atom. The topological polar surface area (TPSA) is 35.2 Å². The molecule has 3 rings (SSSR count). The maximum atomic E-state index is 13.3.